The fourth-order valence-electron chi connectivity index (χ4n) is 3.17. The Kier molecular flexibility index (Phi) is 5.06. The van der Waals surface area contributed by atoms with Crippen molar-refractivity contribution < 1.29 is 14.3 Å². The van der Waals surface area contributed by atoms with Gasteiger partial charge in [-0.25, -0.2) is 0 Å². The highest BCUT2D eigenvalue weighted by atomic mass is 35.5. The zero-order chi connectivity index (χ0) is 20.4. The van der Waals surface area contributed by atoms with Gasteiger partial charge in [-0.15, -0.1) is 0 Å². The molecule has 144 valence electrons. The number of hydrogen-bond donors (Lipinski definition) is 1. The standard InChI is InChI=1S/C23H17ClN2O3/c1-29-19-11-5-15(6-12-19)20-14-18-4-2-3-13-26(18)21(20)22(27)23(28)25-17-9-7-16(24)8-10-17/h2-14H,1H3,(H,25,28). The Morgan fingerprint density at radius 3 is 2.38 bits per heavy atom. The summed E-state index contributed by atoms with van der Waals surface area (Å²) < 4.78 is 6.93. The number of pyridine rings is 1. The minimum atomic E-state index is -0.717. The van der Waals surface area contributed by atoms with Crippen LogP contribution in [-0.2, 0) is 4.79 Å². The molecule has 5 nitrogen and oxygen atoms in total. The predicted molar refractivity (Wildman–Crippen MR) is 114 cm³/mol. The number of carbonyl (C=O) groups is 2. The third-order valence-corrected chi connectivity index (χ3v) is 4.86. The fraction of sp³-hybridized carbons (Fsp3) is 0.0435. The molecule has 0 saturated carbocycles. The van der Waals surface area contributed by atoms with Crippen molar-refractivity contribution >= 4 is 34.5 Å². The first-order chi connectivity index (χ1) is 14.1. The molecular weight excluding hydrogens is 388 g/mol. The van der Waals surface area contributed by atoms with Gasteiger partial charge >= 0.3 is 0 Å². The summed E-state index contributed by atoms with van der Waals surface area (Å²) in [7, 11) is 1.59. The Hall–Kier alpha value is -3.57. The summed E-state index contributed by atoms with van der Waals surface area (Å²) in [6, 6.07) is 21.4. The van der Waals surface area contributed by atoms with Crippen LogP contribution in [0.3, 0.4) is 0 Å². The molecule has 0 radical (unpaired) electrons. The van der Waals surface area contributed by atoms with Crippen LogP contribution in [0.25, 0.3) is 16.6 Å². The Morgan fingerprint density at radius 1 is 0.966 bits per heavy atom. The van der Waals surface area contributed by atoms with E-state index in [-0.39, 0.29) is 0 Å². The van der Waals surface area contributed by atoms with E-state index >= 15 is 0 Å². The molecular formula is C23H17ClN2O3. The summed E-state index contributed by atoms with van der Waals surface area (Å²) in [5.74, 6) is -0.631. The van der Waals surface area contributed by atoms with Gasteiger partial charge in [0.15, 0.2) is 0 Å². The van der Waals surface area contributed by atoms with Crippen LogP contribution in [0.2, 0.25) is 5.02 Å². The first-order valence-corrected chi connectivity index (χ1v) is 9.30. The Morgan fingerprint density at radius 2 is 1.69 bits per heavy atom. The molecule has 1 N–H and O–H groups in total. The number of nitrogens with zero attached hydrogens (tertiary/aromatic N) is 1. The number of nitrogens with one attached hydrogen (secondary N) is 1. The second-order valence-electron chi connectivity index (χ2n) is 6.42. The number of benzene rings is 2. The number of hydrogen-bond acceptors (Lipinski definition) is 3. The third-order valence-electron chi connectivity index (χ3n) is 4.60. The number of amides is 1. The van der Waals surface area contributed by atoms with Crippen LogP contribution in [0.4, 0.5) is 5.69 Å². The molecule has 0 unspecified atom stereocenters. The Bertz CT molecular complexity index is 1200. The molecule has 0 spiro atoms. The summed E-state index contributed by atoms with van der Waals surface area (Å²) in [4.78, 5) is 25.8. The van der Waals surface area contributed by atoms with E-state index in [0.29, 0.717) is 27.7 Å². The van der Waals surface area contributed by atoms with E-state index < -0.39 is 11.7 Å². The van der Waals surface area contributed by atoms with E-state index in [1.165, 1.54) is 0 Å². The predicted octanol–water partition coefficient (Wildman–Crippen LogP) is 5.09. The zero-order valence-corrected chi connectivity index (χ0v) is 16.3. The van der Waals surface area contributed by atoms with Gasteiger partial charge in [0.1, 0.15) is 11.4 Å². The van der Waals surface area contributed by atoms with Crippen molar-refractivity contribution in [3.8, 4) is 16.9 Å². The highest BCUT2D eigenvalue weighted by Gasteiger charge is 2.24. The highest BCUT2D eigenvalue weighted by molar-refractivity contribution is 6.47. The highest BCUT2D eigenvalue weighted by Crippen LogP contribution is 2.30. The van der Waals surface area contributed by atoms with Crippen LogP contribution < -0.4 is 10.1 Å². The topological polar surface area (TPSA) is 59.8 Å². The minimum absolute atomic E-state index is 0.303. The monoisotopic (exact) mass is 404 g/mol. The number of ether oxygens (including phenoxy) is 1. The van der Waals surface area contributed by atoms with Crippen molar-refractivity contribution in [1.82, 2.24) is 4.40 Å². The normalized spacial score (nSPS) is 10.7. The third kappa shape index (κ3) is 3.73. The van der Waals surface area contributed by atoms with Gasteiger partial charge in [0.2, 0.25) is 0 Å². The maximum atomic E-state index is 13.1. The van der Waals surface area contributed by atoms with Gasteiger partial charge in [-0.1, -0.05) is 29.8 Å². The summed E-state index contributed by atoms with van der Waals surface area (Å²) in [6.45, 7) is 0. The average molecular weight is 405 g/mol. The summed E-state index contributed by atoms with van der Waals surface area (Å²) in [5.41, 5.74) is 3.12. The lowest BCUT2D eigenvalue weighted by molar-refractivity contribution is -0.112. The molecule has 1 amide bonds. The molecule has 0 aliphatic rings. The number of ketones is 1. The van der Waals surface area contributed by atoms with Crippen LogP contribution >= 0.6 is 11.6 Å². The van der Waals surface area contributed by atoms with Crippen LogP contribution in [-0.4, -0.2) is 23.2 Å². The van der Waals surface area contributed by atoms with Crippen molar-refractivity contribution in [2.24, 2.45) is 0 Å². The van der Waals surface area contributed by atoms with E-state index in [0.717, 1.165) is 11.1 Å². The molecule has 0 atom stereocenters. The molecule has 0 saturated heterocycles. The molecule has 4 aromatic rings. The molecule has 2 heterocycles. The number of fused-ring (bicyclic) bond motifs is 1. The number of Topliss-reactive ketones (excluding diaryl/α,β-unsaturated/α-hetero) is 1. The smallest absolute Gasteiger partial charge is 0.298 e. The Labute approximate surface area is 172 Å². The Balaban J connectivity index is 1.75. The molecule has 6 heteroatoms. The lowest BCUT2D eigenvalue weighted by Crippen LogP contribution is -2.24. The first kappa shape index (κ1) is 18.8. The van der Waals surface area contributed by atoms with Gasteiger partial charge in [-0.3, -0.25) is 9.59 Å². The molecule has 0 fully saturated rings. The minimum Gasteiger partial charge on any atom is -0.497 e. The van der Waals surface area contributed by atoms with Crippen molar-refractivity contribution in [3.05, 3.63) is 89.7 Å². The van der Waals surface area contributed by atoms with Crippen LogP contribution in [0.1, 0.15) is 10.5 Å². The fourth-order valence-corrected chi connectivity index (χ4v) is 3.30. The van der Waals surface area contributed by atoms with E-state index in [1.54, 1.807) is 42.0 Å². The van der Waals surface area contributed by atoms with E-state index in [4.69, 9.17) is 16.3 Å². The molecule has 2 aromatic heterocycles. The number of carbonyl (C=O) groups excluding carboxylic acids is 2. The second kappa shape index (κ2) is 7.81. The summed E-state index contributed by atoms with van der Waals surface area (Å²) in [5, 5.41) is 3.19. The largest absolute Gasteiger partial charge is 0.497 e. The van der Waals surface area contributed by atoms with E-state index in [2.05, 4.69) is 5.32 Å². The van der Waals surface area contributed by atoms with Crippen molar-refractivity contribution in [1.29, 1.82) is 0 Å². The molecule has 2 aromatic carbocycles. The SMILES string of the molecule is COc1ccc(-c2cc3ccccn3c2C(=O)C(=O)Nc2ccc(Cl)cc2)cc1. The van der Waals surface area contributed by atoms with Crippen molar-refractivity contribution in [2.45, 2.75) is 0 Å². The second-order valence-corrected chi connectivity index (χ2v) is 6.86. The number of rotatable bonds is 5. The van der Waals surface area contributed by atoms with Crippen molar-refractivity contribution in [2.75, 3.05) is 12.4 Å². The van der Waals surface area contributed by atoms with Gasteiger partial charge in [0.05, 0.1) is 7.11 Å². The average Bonchev–Trinajstić information content (AvgIpc) is 3.14. The maximum absolute atomic E-state index is 13.1. The lowest BCUT2D eigenvalue weighted by Gasteiger charge is -2.08. The van der Waals surface area contributed by atoms with E-state index in [1.807, 2.05) is 48.5 Å². The molecule has 0 aliphatic carbocycles. The molecule has 0 bridgehead atoms. The van der Waals surface area contributed by atoms with Gasteiger partial charge in [-0.2, -0.15) is 0 Å². The van der Waals surface area contributed by atoms with Crippen LogP contribution in [0.15, 0.2) is 79.0 Å². The number of aromatic nitrogens is 1. The van der Waals surface area contributed by atoms with Gasteiger partial charge in [0, 0.05) is 28.0 Å². The van der Waals surface area contributed by atoms with Gasteiger partial charge in [-0.05, 0) is 60.2 Å². The van der Waals surface area contributed by atoms with Gasteiger partial charge < -0.3 is 14.5 Å². The summed E-state index contributed by atoms with van der Waals surface area (Å²) in [6.07, 6.45) is 1.77. The van der Waals surface area contributed by atoms with Crippen molar-refractivity contribution in [3.63, 3.8) is 0 Å². The maximum Gasteiger partial charge on any atom is 0.298 e. The molecule has 29 heavy (non-hydrogen) atoms. The number of halogens is 1. The van der Waals surface area contributed by atoms with Gasteiger partial charge in [0.25, 0.3) is 11.7 Å². The van der Waals surface area contributed by atoms with E-state index in [9.17, 15) is 9.59 Å². The zero-order valence-electron chi connectivity index (χ0n) is 15.6. The van der Waals surface area contributed by atoms with Crippen LogP contribution in [0.5, 0.6) is 5.75 Å². The lowest BCUT2D eigenvalue weighted by atomic mass is 10.0. The van der Waals surface area contributed by atoms with Crippen LogP contribution in [0, 0.1) is 0 Å². The number of methoxy groups -OCH3 is 1. The quantitative estimate of drug-likeness (QED) is 0.372. The number of anilines is 1. The first-order valence-electron chi connectivity index (χ1n) is 8.92. The summed E-state index contributed by atoms with van der Waals surface area (Å²) >= 11 is 5.88. The molecule has 0 aliphatic heterocycles. The molecule has 4 rings (SSSR count).